The summed E-state index contributed by atoms with van der Waals surface area (Å²) >= 11 is 7.38. The smallest absolute Gasteiger partial charge is 0.223 e. The van der Waals surface area contributed by atoms with Crippen molar-refractivity contribution in [3.05, 3.63) is 34.0 Å². The zero-order valence-corrected chi connectivity index (χ0v) is 13.4. The summed E-state index contributed by atoms with van der Waals surface area (Å²) in [7, 11) is 0. The highest BCUT2D eigenvalue weighted by Gasteiger charge is 2.14. The van der Waals surface area contributed by atoms with Gasteiger partial charge in [0.05, 0.1) is 10.9 Å². The van der Waals surface area contributed by atoms with Crippen LogP contribution in [0.5, 0.6) is 0 Å². The Hall–Kier alpha value is -0.550. The molecule has 0 aliphatic rings. The van der Waals surface area contributed by atoms with Crippen molar-refractivity contribution in [1.29, 1.82) is 0 Å². The van der Waals surface area contributed by atoms with Gasteiger partial charge in [-0.15, -0.1) is 30.3 Å². The maximum Gasteiger partial charge on any atom is 0.223 e. The minimum atomic E-state index is 0. The van der Waals surface area contributed by atoms with Crippen LogP contribution in [0.4, 0.5) is 0 Å². The van der Waals surface area contributed by atoms with E-state index in [1.54, 1.807) is 11.0 Å². The van der Waals surface area contributed by atoms with E-state index in [4.69, 9.17) is 17.3 Å². The van der Waals surface area contributed by atoms with Gasteiger partial charge in [-0.05, 0) is 25.5 Å². The summed E-state index contributed by atoms with van der Waals surface area (Å²) < 4.78 is 0.742. The van der Waals surface area contributed by atoms with Gasteiger partial charge in [0.25, 0.3) is 0 Å². The molecule has 1 atom stereocenters. The number of hydrogen-bond donors (Lipinski definition) is 1. The molecule has 1 amide bonds. The highest BCUT2D eigenvalue weighted by atomic mass is 35.5. The third-order valence-corrected chi connectivity index (χ3v) is 3.71. The van der Waals surface area contributed by atoms with Gasteiger partial charge < -0.3 is 10.6 Å². The fraction of sp³-hybridized carbons (Fsp3) is 0.462. The number of halogens is 2. The molecule has 108 valence electrons. The maximum atomic E-state index is 12.0. The van der Waals surface area contributed by atoms with Crippen LogP contribution in [0.2, 0.25) is 4.34 Å². The molecule has 1 unspecified atom stereocenters. The molecule has 1 heterocycles. The van der Waals surface area contributed by atoms with E-state index in [0.717, 1.165) is 9.21 Å². The van der Waals surface area contributed by atoms with Gasteiger partial charge in [0.1, 0.15) is 0 Å². The minimum Gasteiger partial charge on any atom is -0.334 e. The first-order chi connectivity index (χ1) is 8.52. The van der Waals surface area contributed by atoms with Crippen LogP contribution in [0.15, 0.2) is 24.8 Å². The van der Waals surface area contributed by atoms with Gasteiger partial charge in [-0.25, -0.2) is 0 Å². The summed E-state index contributed by atoms with van der Waals surface area (Å²) in [5, 5.41) is 0. The van der Waals surface area contributed by atoms with E-state index in [1.165, 1.54) is 11.3 Å². The van der Waals surface area contributed by atoms with Crippen LogP contribution in [0.3, 0.4) is 0 Å². The predicted molar refractivity (Wildman–Crippen MR) is 85.1 cm³/mol. The Morgan fingerprint density at radius 1 is 1.63 bits per heavy atom. The van der Waals surface area contributed by atoms with E-state index >= 15 is 0 Å². The molecule has 0 bridgehead atoms. The standard InChI is InChI=1S/C13H19ClN2OS.ClH/c1-3-8-16(13(17)7-4-10(2)15)9-11-5-6-12(14)18-11;/h3,5-6,10H,1,4,7-9,15H2,2H3;1H. The molecule has 3 nitrogen and oxygen atoms in total. The maximum absolute atomic E-state index is 12.0. The van der Waals surface area contributed by atoms with Crippen molar-refractivity contribution in [3.8, 4) is 0 Å². The molecule has 19 heavy (non-hydrogen) atoms. The highest BCUT2D eigenvalue weighted by Crippen LogP contribution is 2.23. The first-order valence-electron chi connectivity index (χ1n) is 5.91. The lowest BCUT2D eigenvalue weighted by Gasteiger charge is -2.20. The third kappa shape index (κ3) is 6.97. The Bertz CT molecular complexity index is 407. The second-order valence-corrected chi connectivity index (χ2v) is 6.08. The summed E-state index contributed by atoms with van der Waals surface area (Å²) in [6.45, 7) is 6.72. The topological polar surface area (TPSA) is 46.3 Å². The van der Waals surface area contributed by atoms with E-state index < -0.39 is 0 Å². The lowest BCUT2D eigenvalue weighted by molar-refractivity contribution is -0.131. The highest BCUT2D eigenvalue weighted by molar-refractivity contribution is 7.16. The second kappa shape index (κ2) is 9.37. The number of carbonyl (C=O) groups is 1. The van der Waals surface area contributed by atoms with E-state index in [1.807, 2.05) is 19.1 Å². The molecule has 0 radical (unpaired) electrons. The molecule has 6 heteroatoms. The van der Waals surface area contributed by atoms with Gasteiger partial charge in [-0.2, -0.15) is 0 Å². The van der Waals surface area contributed by atoms with Crippen LogP contribution < -0.4 is 5.73 Å². The summed E-state index contributed by atoms with van der Waals surface area (Å²) in [5.41, 5.74) is 5.66. The average Bonchev–Trinajstić information content (AvgIpc) is 2.71. The van der Waals surface area contributed by atoms with E-state index in [0.29, 0.717) is 25.9 Å². The summed E-state index contributed by atoms with van der Waals surface area (Å²) in [6, 6.07) is 3.85. The molecule has 1 rings (SSSR count). The number of amides is 1. The van der Waals surface area contributed by atoms with Crippen LogP contribution >= 0.6 is 35.3 Å². The van der Waals surface area contributed by atoms with Gasteiger partial charge >= 0.3 is 0 Å². The largest absolute Gasteiger partial charge is 0.334 e. The molecule has 1 aromatic heterocycles. The number of hydrogen-bond acceptors (Lipinski definition) is 3. The zero-order valence-electron chi connectivity index (χ0n) is 11.0. The van der Waals surface area contributed by atoms with Crippen molar-refractivity contribution >= 4 is 41.3 Å². The van der Waals surface area contributed by atoms with E-state index in [9.17, 15) is 4.79 Å². The number of rotatable bonds is 7. The Morgan fingerprint density at radius 2 is 2.32 bits per heavy atom. The zero-order chi connectivity index (χ0) is 13.5. The lowest BCUT2D eigenvalue weighted by Crippen LogP contribution is -2.31. The van der Waals surface area contributed by atoms with Crippen LogP contribution in [0.25, 0.3) is 0 Å². The molecular weight excluding hydrogens is 303 g/mol. The number of nitrogens with two attached hydrogens (primary N) is 1. The van der Waals surface area contributed by atoms with Gasteiger partial charge in [0.15, 0.2) is 0 Å². The number of thiophene rings is 1. The summed E-state index contributed by atoms with van der Waals surface area (Å²) in [6.07, 6.45) is 2.92. The van der Waals surface area contributed by atoms with Crippen molar-refractivity contribution in [2.24, 2.45) is 5.73 Å². The second-order valence-electron chi connectivity index (χ2n) is 4.28. The normalized spacial score (nSPS) is 11.5. The first kappa shape index (κ1) is 18.4. The minimum absolute atomic E-state index is 0. The molecule has 0 aliphatic carbocycles. The quantitative estimate of drug-likeness (QED) is 0.781. The van der Waals surface area contributed by atoms with Gasteiger partial charge in [-0.3, -0.25) is 4.79 Å². The van der Waals surface area contributed by atoms with E-state index in [2.05, 4.69) is 6.58 Å². The SMILES string of the molecule is C=CCN(Cc1ccc(Cl)s1)C(=O)CCC(C)N.Cl. The Morgan fingerprint density at radius 3 is 2.79 bits per heavy atom. The van der Waals surface area contributed by atoms with Gasteiger partial charge in [0, 0.05) is 23.9 Å². The van der Waals surface area contributed by atoms with Crippen molar-refractivity contribution in [1.82, 2.24) is 4.90 Å². The van der Waals surface area contributed by atoms with E-state index in [-0.39, 0.29) is 24.4 Å². The van der Waals surface area contributed by atoms with Crippen molar-refractivity contribution < 1.29 is 4.79 Å². The monoisotopic (exact) mass is 322 g/mol. The van der Waals surface area contributed by atoms with Crippen LogP contribution in [-0.4, -0.2) is 23.4 Å². The van der Waals surface area contributed by atoms with Crippen molar-refractivity contribution in [3.63, 3.8) is 0 Å². The van der Waals surface area contributed by atoms with Gasteiger partial charge in [0.2, 0.25) is 5.91 Å². The predicted octanol–water partition coefficient (Wildman–Crippen LogP) is 3.47. The van der Waals surface area contributed by atoms with Crippen molar-refractivity contribution in [2.75, 3.05) is 6.54 Å². The Kier molecular flexibility index (Phi) is 9.10. The fourth-order valence-electron chi connectivity index (χ4n) is 1.54. The molecule has 0 spiro atoms. The lowest BCUT2D eigenvalue weighted by atomic mass is 10.2. The number of carbonyl (C=O) groups excluding carboxylic acids is 1. The molecular formula is C13H20Cl2N2OS. The van der Waals surface area contributed by atoms with Crippen molar-refractivity contribution in [2.45, 2.75) is 32.4 Å². The molecule has 0 aliphatic heterocycles. The fourth-order valence-corrected chi connectivity index (χ4v) is 2.65. The molecule has 0 fully saturated rings. The molecule has 0 saturated heterocycles. The van der Waals surface area contributed by atoms with Gasteiger partial charge in [-0.1, -0.05) is 17.7 Å². The third-order valence-electron chi connectivity index (χ3n) is 2.49. The Labute approximate surface area is 129 Å². The summed E-state index contributed by atoms with van der Waals surface area (Å²) in [4.78, 5) is 14.9. The van der Waals surface area contributed by atoms with Crippen LogP contribution in [0.1, 0.15) is 24.6 Å². The molecule has 0 aromatic carbocycles. The Balaban J connectivity index is 0.00000324. The molecule has 2 N–H and O–H groups in total. The number of nitrogens with zero attached hydrogens (tertiary/aromatic N) is 1. The average molecular weight is 323 g/mol. The molecule has 1 aromatic rings. The first-order valence-corrected chi connectivity index (χ1v) is 7.11. The van der Waals surface area contributed by atoms with Crippen LogP contribution in [-0.2, 0) is 11.3 Å². The molecule has 0 saturated carbocycles. The van der Waals surface area contributed by atoms with Crippen LogP contribution in [0, 0.1) is 0 Å². The summed E-state index contributed by atoms with van der Waals surface area (Å²) in [5.74, 6) is 0.108.